The van der Waals surface area contributed by atoms with Crippen molar-refractivity contribution >= 4 is 21.6 Å². The van der Waals surface area contributed by atoms with Crippen molar-refractivity contribution in [2.75, 3.05) is 26.2 Å². The molecule has 1 aliphatic heterocycles. The number of piperidine rings is 1. The average Bonchev–Trinajstić information content (AvgIpc) is 2.57. The second-order valence-electron chi connectivity index (χ2n) is 8.78. The molecule has 1 aromatic carbocycles. The van der Waals surface area contributed by atoms with E-state index in [1.165, 1.54) is 12.1 Å². The van der Waals surface area contributed by atoms with Gasteiger partial charge in [0, 0.05) is 40.1 Å². The van der Waals surface area contributed by atoms with Crippen molar-refractivity contribution in [3.05, 3.63) is 47.1 Å². The number of likely N-dealkylation sites (tertiary alicyclic amines) is 1. The molecule has 1 fully saturated rings. The molecule has 4 nitrogen and oxygen atoms in total. The van der Waals surface area contributed by atoms with Crippen molar-refractivity contribution in [1.29, 1.82) is 0 Å². The average molecular weight is 490 g/mol. The van der Waals surface area contributed by atoms with Gasteiger partial charge < -0.3 is 15.4 Å². The minimum atomic E-state index is -4.73. The molecule has 2 rings (SSSR count). The Labute approximate surface area is 185 Å². The maximum atomic E-state index is 12.5. The first-order chi connectivity index (χ1) is 13.8. The molecule has 0 aliphatic carbocycles. The van der Waals surface area contributed by atoms with E-state index in [0.717, 1.165) is 44.7 Å². The summed E-state index contributed by atoms with van der Waals surface area (Å²) in [6, 6.07) is 4.33. The Bertz CT molecular complexity index is 751. The molecule has 2 N–H and O–H groups in total. The second kappa shape index (κ2) is 10.1. The van der Waals surface area contributed by atoms with Crippen LogP contribution in [0.2, 0.25) is 0 Å². The van der Waals surface area contributed by atoms with Crippen molar-refractivity contribution in [2.45, 2.75) is 45.5 Å². The van der Waals surface area contributed by atoms with Gasteiger partial charge in [-0.25, -0.2) is 0 Å². The summed E-state index contributed by atoms with van der Waals surface area (Å²) in [5.41, 5.74) is 2.18. The van der Waals surface area contributed by atoms with Gasteiger partial charge in [-0.1, -0.05) is 29.1 Å². The summed E-state index contributed by atoms with van der Waals surface area (Å²) in [4.78, 5) is 2.39. The van der Waals surface area contributed by atoms with Gasteiger partial charge in [-0.3, -0.25) is 4.90 Å². The van der Waals surface area contributed by atoms with E-state index >= 15 is 0 Å². The molecule has 1 aliphatic rings. The third kappa shape index (κ3) is 9.00. The predicted octanol–water partition coefficient (Wildman–Crippen LogP) is 5.52. The third-order valence-corrected chi connectivity index (χ3v) is 5.19. The molecule has 1 saturated heterocycles. The lowest BCUT2D eigenvalue weighted by atomic mass is 9.96. The zero-order chi connectivity index (χ0) is 22.5. The third-order valence-electron chi connectivity index (χ3n) is 4.73. The Morgan fingerprint density at radius 2 is 1.80 bits per heavy atom. The van der Waals surface area contributed by atoms with Crippen LogP contribution in [-0.2, 0) is 0 Å². The molecule has 8 heteroatoms. The summed E-state index contributed by atoms with van der Waals surface area (Å²) >= 11 is 3.23. The molecule has 0 bridgehead atoms. The fourth-order valence-corrected chi connectivity index (χ4v) is 3.96. The van der Waals surface area contributed by atoms with E-state index in [2.05, 4.69) is 70.1 Å². The van der Waals surface area contributed by atoms with Crippen LogP contribution >= 0.6 is 15.9 Å². The van der Waals surface area contributed by atoms with Crippen LogP contribution in [-0.4, -0.2) is 43.0 Å². The van der Waals surface area contributed by atoms with Gasteiger partial charge in [0.15, 0.2) is 0 Å². The summed E-state index contributed by atoms with van der Waals surface area (Å²) in [6.45, 7) is 18.0. The van der Waals surface area contributed by atoms with Crippen molar-refractivity contribution in [3.8, 4) is 5.75 Å². The van der Waals surface area contributed by atoms with E-state index in [9.17, 15) is 13.2 Å². The van der Waals surface area contributed by atoms with Crippen LogP contribution in [0.3, 0.4) is 0 Å². The fourth-order valence-electron chi connectivity index (χ4n) is 3.49. The Morgan fingerprint density at radius 1 is 1.17 bits per heavy atom. The van der Waals surface area contributed by atoms with E-state index < -0.39 is 6.36 Å². The summed E-state index contributed by atoms with van der Waals surface area (Å²) in [5, 5.41) is 6.69. The predicted molar refractivity (Wildman–Crippen MR) is 119 cm³/mol. The first kappa shape index (κ1) is 24.6. The number of benzene rings is 1. The Kier molecular flexibility index (Phi) is 8.27. The summed E-state index contributed by atoms with van der Waals surface area (Å²) in [7, 11) is 0. The molecular weight excluding hydrogens is 459 g/mol. The molecule has 0 radical (unpaired) electrons. The van der Waals surface area contributed by atoms with Crippen molar-refractivity contribution in [3.63, 3.8) is 0 Å². The molecule has 0 amide bonds. The summed E-state index contributed by atoms with van der Waals surface area (Å²) in [6.07, 6.45) is -2.64. The zero-order valence-electron chi connectivity index (χ0n) is 17.8. The van der Waals surface area contributed by atoms with Gasteiger partial charge in [0.25, 0.3) is 0 Å². The van der Waals surface area contributed by atoms with Gasteiger partial charge in [0.1, 0.15) is 5.75 Å². The minimum absolute atomic E-state index is 0.0110. The molecule has 0 atom stereocenters. The van der Waals surface area contributed by atoms with Gasteiger partial charge in [0.2, 0.25) is 0 Å². The molecule has 1 aromatic rings. The molecule has 168 valence electrons. The molecule has 30 heavy (non-hydrogen) atoms. The van der Waals surface area contributed by atoms with Gasteiger partial charge in [0.05, 0.1) is 0 Å². The van der Waals surface area contributed by atoms with Crippen LogP contribution in [0.1, 0.15) is 39.2 Å². The molecule has 0 saturated carbocycles. The van der Waals surface area contributed by atoms with E-state index in [4.69, 9.17) is 0 Å². The molecular formula is C22H31BrF3N3O. The Morgan fingerprint density at radius 3 is 2.37 bits per heavy atom. The molecule has 0 aromatic heterocycles. The number of halogens is 4. The molecule has 0 spiro atoms. The van der Waals surface area contributed by atoms with Gasteiger partial charge in [-0.15, -0.1) is 13.2 Å². The largest absolute Gasteiger partial charge is 0.573 e. The quantitative estimate of drug-likeness (QED) is 0.503. The summed E-state index contributed by atoms with van der Waals surface area (Å²) in [5.74, 6) is 0.215. The normalized spacial score (nSPS) is 16.2. The SMILES string of the molecule is C=C(CN1CCC(CNC(=C)c2cc(Br)cc(OC(F)(F)F)c2)CC1)NC(C)(C)C. The number of rotatable bonds is 8. The Hall–Kier alpha value is -1.67. The van der Waals surface area contributed by atoms with Crippen LogP contribution in [0, 0.1) is 5.92 Å². The Balaban J connectivity index is 1.80. The standard InChI is InChI=1S/C22H31BrF3N3O/c1-15(28-21(3,4)5)14-29-8-6-17(7-9-29)13-27-16(2)18-10-19(23)12-20(11-18)30-22(24,25)26/h10-12,17,27-28H,1-2,6-9,13-14H2,3-5H3. The number of nitrogens with one attached hydrogen (secondary N) is 2. The lowest BCUT2D eigenvalue weighted by molar-refractivity contribution is -0.274. The van der Waals surface area contributed by atoms with E-state index in [0.29, 0.717) is 21.7 Å². The minimum Gasteiger partial charge on any atom is -0.406 e. The lowest BCUT2D eigenvalue weighted by Crippen LogP contribution is -2.42. The van der Waals surface area contributed by atoms with Crippen LogP contribution in [0.4, 0.5) is 13.2 Å². The highest BCUT2D eigenvalue weighted by Gasteiger charge is 2.31. The number of nitrogens with zero attached hydrogens (tertiary/aromatic N) is 1. The zero-order valence-corrected chi connectivity index (χ0v) is 19.4. The summed E-state index contributed by atoms with van der Waals surface area (Å²) < 4.78 is 42.0. The number of alkyl halides is 3. The van der Waals surface area contributed by atoms with Crippen molar-refractivity contribution in [2.24, 2.45) is 5.92 Å². The van der Waals surface area contributed by atoms with Gasteiger partial charge in [-0.2, -0.15) is 0 Å². The second-order valence-corrected chi connectivity index (χ2v) is 9.70. The maximum Gasteiger partial charge on any atom is 0.573 e. The number of hydrogen-bond acceptors (Lipinski definition) is 4. The van der Waals surface area contributed by atoms with E-state index in [1.54, 1.807) is 6.07 Å². The smallest absolute Gasteiger partial charge is 0.406 e. The van der Waals surface area contributed by atoms with Crippen LogP contribution in [0.5, 0.6) is 5.75 Å². The van der Waals surface area contributed by atoms with Crippen LogP contribution in [0.25, 0.3) is 5.70 Å². The topological polar surface area (TPSA) is 36.5 Å². The maximum absolute atomic E-state index is 12.5. The highest BCUT2D eigenvalue weighted by molar-refractivity contribution is 9.10. The van der Waals surface area contributed by atoms with Crippen LogP contribution < -0.4 is 15.4 Å². The highest BCUT2D eigenvalue weighted by atomic mass is 79.9. The van der Waals surface area contributed by atoms with E-state index in [-0.39, 0.29) is 11.3 Å². The number of ether oxygens (including phenoxy) is 1. The van der Waals surface area contributed by atoms with Crippen molar-refractivity contribution in [1.82, 2.24) is 15.5 Å². The van der Waals surface area contributed by atoms with Gasteiger partial charge >= 0.3 is 6.36 Å². The monoisotopic (exact) mass is 489 g/mol. The van der Waals surface area contributed by atoms with Crippen molar-refractivity contribution < 1.29 is 17.9 Å². The first-order valence-corrected chi connectivity index (χ1v) is 10.8. The van der Waals surface area contributed by atoms with Crippen LogP contribution in [0.15, 0.2) is 41.5 Å². The van der Waals surface area contributed by atoms with E-state index in [1.807, 2.05) is 0 Å². The van der Waals surface area contributed by atoms with Gasteiger partial charge in [-0.05, 0) is 70.8 Å². The first-order valence-electron chi connectivity index (χ1n) is 9.98. The lowest BCUT2D eigenvalue weighted by Gasteiger charge is -2.34. The molecule has 0 unspecified atom stereocenters. The highest BCUT2D eigenvalue weighted by Crippen LogP contribution is 2.29. The number of hydrogen-bond donors (Lipinski definition) is 2. The fraction of sp³-hybridized carbons (Fsp3) is 0.545. The molecule has 1 heterocycles.